The molecule has 1 aromatic heterocycles. The van der Waals surface area contributed by atoms with E-state index in [1.54, 1.807) is 0 Å². The van der Waals surface area contributed by atoms with E-state index < -0.39 is 0 Å². The Kier molecular flexibility index (Phi) is 3.23. The molecule has 114 valence electrons. The fourth-order valence-corrected chi connectivity index (χ4v) is 3.39. The Morgan fingerprint density at radius 1 is 0.826 bits per heavy atom. The summed E-state index contributed by atoms with van der Waals surface area (Å²) in [6, 6.07) is 17.4. The smallest absolute Gasteiger partial charge is 0.130 e. The lowest BCUT2D eigenvalue weighted by Gasteiger charge is -2.12. The maximum atomic E-state index is 5.82. The molecule has 0 unspecified atom stereocenters. The third-order valence-electron chi connectivity index (χ3n) is 4.64. The van der Waals surface area contributed by atoms with Crippen LogP contribution in [0.15, 0.2) is 52.9 Å². The normalized spacial score (nSPS) is 13.1. The maximum absolute atomic E-state index is 5.82. The molecule has 0 fully saturated rings. The zero-order valence-corrected chi connectivity index (χ0v) is 13.8. The summed E-state index contributed by atoms with van der Waals surface area (Å²) in [6.45, 7) is 6.32. The van der Waals surface area contributed by atoms with E-state index in [-0.39, 0.29) is 0 Å². The van der Waals surface area contributed by atoms with Gasteiger partial charge in [0.15, 0.2) is 0 Å². The van der Waals surface area contributed by atoms with Crippen molar-refractivity contribution in [3.05, 3.63) is 82.3 Å². The van der Waals surface area contributed by atoms with Crippen LogP contribution in [0.2, 0.25) is 0 Å². The first-order chi connectivity index (χ1) is 11.1. The molecule has 0 spiro atoms. The van der Waals surface area contributed by atoms with E-state index in [1.165, 1.54) is 39.0 Å². The summed E-state index contributed by atoms with van der Waals surface area (Å²) in [5, 5.41) is 0. The molecule has 0 N–H and O–H groups in total. The SMILES string of the molecule is Cc1ccc(-c2c(C)ccc3c2C=C(c2ccc(C)o2)C3)cc1. The minimum absolute atomic E-state index is 0.946. The van der Waals surface area contributed by atoms with Crippen molar-refractivity contribution in [1.82, 2.24) is 0 Å². The van der Waals surface area contributed by atoms with Gasteiger partial charge in [-0.1, -0.05) is 42.0 Å². The first kappa shape index (κ1) is 14.1. The molecular weight excluding hydrogens is 280 g/mol. The van der Waals surface area contributed by atoms with E-state index in [2.05, 4.69) is 62.4 Å². The predicted molar refractivity (Wildman–Crippen MR) is 96.4 cm³/mol. The van der Waals surface area contributed by atoms with Crippen molar-refractivity contribution in [2.24, 2.45) is 0 Å². The standard InChI is InChI=1S/C22H20O/c1-14-4-8-17(9-5-14)22-15(2)6-10-18-12-19(13-20(18)22)21-11-7-16(3)23-21/h4-11,13H,12H2,1-3H3. The molecule has 0 aliphatic heterocycles. The second-order valence-electron chi connectivity index (χ2n) is 6.45. The largest absolute Gasteiger partial charge is 0.462 e. The summed E-state index contributed by atoms with van der Waals surface area (Å²) < 4.78 is 5.82. The number of hydrogen-bond donors (Lipinski definition) is 0. The molecular formula is C22H20O. The van der Waals surface area contributed by atoms with Crippen LogP contribution < -0.4 is 0 Å². The molecule has 1 nitrogen and oxygen atoms in total. The number of furan rings is 1. The molecule has 0 radical (unpaired) electrons. The van der Waals surface area contributed by atoms with E-state index in [1.807, 2.05) is 13.0 Å². The lowest BCUT2D eigenvalue weighted by molar-refractivity contribution is 0.521. The summed E-state index contributed by atoms with van der Waals surface area (Å²) >= 11 is 0. The zero-order chi connectivity index (χ0) is 16.0. The van der Waals surface area contributed by atoms with E-state index in [0.29, 0.717) is 0 Å². The third kappa shape index (κ3) is 2.43. The molecule has 1 heteroatoms. The van der Waals surface area contributed by atoms with Crippen LogP contribution in [-0.4, -0.2) is 0 Å². The Morgan fingerprint density at radius 2 is 1.61 bits per heavy atom. The summed E-state index contributed by atoms with van der Waals surface area (Å²) in [5.41, 5.74) is 9.25. The van der Waals surface area contributed by atoms with Gasteiger partial charge in [-0.15, -0.1) is 0 Å². The van der Waals surface area contributed by atoms with Gasteiger partial charge < -0.3 is 4.42 Å². The molecule has 0 atom stereocenters. The van der Waals surface area contributed by atoms with E-state index in [0.717, 1.165) is 17.9 Å². The Morgan fingerprint density at radius 3 is 2.30 bits per heavy atom. The van der Waals surface area contributed by atoms with Crippen LogP contribution in [0.3, 0.4) is 0 Å². The maximum Gasteiger partial charge on any atom is 0.130 e. The lowest BCUT2D eigenvalue weighted by atomic mass is 9.92. The van der Waals surface area contributed by atoms with Gasteiger partial charge in [0, 0.05) is 6.42 Å². The minimum atomic E-state index is 0.946. The molecule has 0 saturated carbocycles. The summed E-state index contributed by atoms with van der Waals surface area (Å²) in [6.07, 6.45) is 3.25. The van der Waals surface area contributed by atoms with Gasteiger partial charge in [0.2, 0.25) is 0 Å². The molecule has 0 amide bonds. The fraction of sp³-hybridized carbons (Fsp3) is 0.182. The fourth-order valence-electron chi connectivity index (χ4n) is 3.39. The first-order valence-corrected chi connectivity index (χ1v) is 8.09. The first-order valence-electron chi connectivity index (χ1n) is 8.09. The quantitative estimate of drug-likeness (QED) is 0.568. The highest BCUT2D eigenvalue weighted by atomic mass is 16.3. The van der Waals surface area contributed by atoms with Gasteiger partial charge in [-0.05, 0) is 72.4 Å². The average molecular weight is 300 g/mol. The van der Waals surface area contributed by atoms with E-state index in [9.17, 15) is 0 Å². The molecule has 23 heavy (non-hydrogen) atoms. The van der Waals surface area contributed by atoms with Gasteiger partial charge >= 0.3 is 0 Å². The van der Waals surface area contributed by atoms with Crippen LogP contribution in [0.1, 0.15) is 33.8 Å². The van der Waals surface area contributed by atoms with E-state index in [4.69, 9.17) is 4.42 Å². The number of benzene rings is 2. The minimum Gasteiger partial charge on any atom is -0.462 e. The van der Waals surface area contributed by atoms with E-state index >= 15 is 0 Å². The molecule has 0 saturated heterocycles. The van der Waals surface area contributed by atoms with Gasteiger partial charge in [0.25, 0.3) is 0 Å². The predicted octanol–water partition coefficient (Wildman–Crippen LogP) is 5.97. The van der Waals surface area contributed by atoms with Crippen molar-refractivity contribution in [2.45, 2.75) is 27.2 Å². The molecule has 1 aliphatic carbocycles. The van der Waals surface area contributed by atoms with Crippen molar-refractivity contribution < 1.29 is 4.42 Å². The zero-order valence-electron chi connectivity index (χ0n) is 13.8. The van der Waals surface area contributed by atoms with Gasteiger partial charge in [-0.2, -0.15) is 0 Å². The summed E-state index contributed by atoms with van der Waals surface area (Å²) in [4.78, 5) is 0. The van der Waals surface area contributed by atoms with Gasteiger partial charge in [0.1, 0.15) is 11.5 Å². The lowest BCUT2D eigenvalue weighted by Crippen LogP contribution is -1.91. The molecule has 1 heterocycles. The summed E-state index contributed by atoms with van der Waals surface area (Å²) in [7, 11) is 0. The van der Waals surface area contributed by atoms with Crippen molar-refractivity contribution in [3.8, 4) is 11.1 Å². The Labute approximate surface area is 137 Å². The number of aryl methyl sites for hydroxylation is 3. The topological polar surface area (TPSA) is 13.1 Å². The average Bonchev–Trinajstić information content (AvgIpc) is 3.14. The van der Waals surface area contributed by atoms with Crippen molar-refractivity contribution >= 4 is 11.6 Å². The van der Waals surface area contributed by atoms with Crippen molar-refractivity contribution in [2.75, 3.05) is 0 Å². The highest BCUT2D eigenvalue weighted by molar-refractivity contribution is 5.93. The van der Waals surface area contributed by atoms with Crippen molar-refractivity contribution in [1.29, 1.82) is 0 Å². The second-order valence-corrected chi connectivity index (χ2v) is 6.45. The van der Waals surface area contributed by atoms with Crippen LogP contribution in [0.4, 0.5) is 0 Å². The van der Waals surface area contributed by atoms with Crippen LogP contribution in [0.5, 0.6) is 0 Å². The third-order valence-corrected chi connectivity index (χ3v) is 4.64. The van der Waals surface area contributed by atoms with Gasteiger partial charge in [0.05, 0.1) is 0 Å². The van der Waals surface area contributed by atoms with Crippen LogP contribution in [0, 0.1) is 20.8 Å². The highest BCUT2D eigenvalue weighted by Gasteiger charge is 2.20. The Hall–Kier alpha value is -2.54. The molecule has 2 aromatic carbocycles. The number of rotatable bonds is 2. The van der Waals surface area contributed by atoms with Crippen LogP contribution in [-0.2, 0) is 6.42 Å². The number of fused-ring (bicyclic) bond motifs is 1. The summed E-state index contributed by atoms with van der Waals surface area (Å²) in [5.74, 6) is 1.96. The van der Waals surface area contributed by atoms with Gasteiger partial charge in [-0.3, -0.25) is 0 Å². The van der Waals surface area contributed by atoms with Gasteiger partial charge in [-0.25, -0.2) is 0 Å². The van der Waals surface area contributed by atoms with Crippen LogP contribution >= 0.6 is 0 Å². The molecule has 0 bridgehead atoms. The number of hydrogen-bond acceptors (Lipinski definition) is 1. The monoisotopic (exact) mass is 300 g/mol. The molecule has 3 aromatic rings. The second kappa shape index (κ2) is 5.27. The molecule has 1 aliphatic rings. The number of allylic oxidation sites excluding steroid dienone is 1. The molecule has 4 rings (SSSR count). The Bertz CT molecular complexity index is 908. The highest BCUT2D eigenvalue weighted by Crippen LogP contribution is 2.39. The van der Waals surface area contributed by atoms with Crippen molar-refractivity contribution in [3.63, 3.8) is 0 Å². The van der Waals surface area contributed by atoms with Crippen LogP contribution in [0.25, 0.3) is 22.8 Å². The Balaban J connectivity index is 1.85.